The smallest absolute Gasteiger partial charge is 0.160 e. The Kier molecular flexibility index (Phi) is 2.58. The molecule has 3 aromatic rings. The van der Waals surface area contributed by atoms with Crippen molar-refractivity contribution in [1.29, 1.82) is 0 Å². The average Bonchev–Trinajstić information content (AvgIpc) is 2.87. The lowest BCUT2D eigenvalue weighted by atomic mass is 9.79. The van der Waals surface area contributed by atoms with Gasteiger partial charge in [0.1, 0.15) is 5.60 Å². The zero-order chi connectivity index (χ0) is 15.4. The highest BCUT2D eigenvalue weighted by Crippen LogP contribution is 2.55. The number of aliphatic hydroxyl groups excluding tert-OH is 1. The van der Waals surface area contributed by atoms with E-state index in [1.54, 1.807) is 0 Å². The molecule has 1 heterocycles. The van der Waals surface area contributed by atoms with Crippen LogP contribution in [0.2, 0.25) is 0 Å². The van der Waals surface area contributed by atoms with Crippen molar-refractivity contribution in [2.45, 2.75) is 18.3 Å². The van der Waals surface area contributed by atoms with Gasteiger partial charge < -0.3 is 9.84 Å². The topological polar surface area (TPSA) is 29.5 Å². The molecule has 1 atom stereocenters. The van der Waals surface area contributed by atoms with Gasteiger partial charge in [-0.2, -0.15) is 0 Å². The third kappa shape index (κ3) is 1.60. The predicted octanol–water partition coefficient (Wildman–Crippen LogP) is 3.85. The Hall–Kier alpha value is -2.42. The minimum atomic E-state index is -0.802. The Bertz CT molecular complexity index is 867. The fourth-order valence-electron chi connectivity index (χ4n) is 4.15. The van der Waals surface area contributed by atoms with Gasteiger partial charge in [0.25, 0.3) is 0 Å². The van der Waals surface area contributed by atoms with E-state index in [4.69, 9.17) is 4.74 Å². The maximum atomic E-state index is 10.4. The lowest BCUT2D eigenvalue weighted by Gasteiger charge is -2.40. The fraction of sp³-hybridized carbons (Fsp3) is 0.143. The molecule has 0 saturated heterocycles. The van der Waals surface area contributed by atoms with Crippen LogP contribution in [0.25, 0.3) is 11.1 Å². The molecule has 2 aliphatic rings. The molecule has 112 valence electrons. The van der Waals surface area contributed by atoms with Crippen LogP contribution in [0.1, 0.15) is 22.3 Å². The highest BCUT2D eigenvalue weighted by molar-refractivity contribution is 5.82. The molecule has 23 heavy (non-hydrogen) atoms. The van der Waals surface area contributed by atoms with Crippen LogP contribution < -0.4 is 0 Å². The molecule has 1 aliphatic heterocycles. The quantitative estimate of drug-likeness (QED) is 0.683. The van der Waals surface area contributed by atoms with E-state index in [9.17, 15) is 5.11 Å². The van der Waals surface area contributed by atoms with E-state index in [2.05, 4.69) is 48.5 Å². The van der Waals surface area contributed by atoms with Crippen molar-refractivity contribution in [3.05, 3.63) is 95.1 Å². The van der Waals surface area contributed by atoms with E-state index in [1.807, 2.05) is 24.3 Å². The van der Waals surface area contributed by atoms with Gasteiger partial charge in [0.2, 0.25) is 0 Å². The summed E-state index contributed by atoms with van der Waals surface area (Å²) >= 11 is 0. The third-order valence-electron chi connectivity index (χ3n) is 5.01. The van der Waals surface area contributed by atoms with Crippen LogP contribution in [-0.2, 0) is 16.8 Å². The Morgan fingerprint density at radius 3 is 1.91 bits per heavy atom. The first-order valence-electron chi connectivity index (χ1n) is 7.94. The van der Waals surface area contributed by atoms with Gasteiger partial charge in [0, 0.05) is 17.5 Å². The zero-order valence-electron chi connectivity index (χ0n) is 12.6. The summed E-state index contributed by atoms with van der Waals surface area (Å²) in [6.07, 6.45) is -0.272. The molecule has 3 aromatic carbocycles. The van der Waals surface area contributed by atoms with E-state index >= 15 is 0 Å². The average molecular weight is 300 g/mol. The second-order valence-electron chi connectivity index (χ2n) is 6.21. The fourth-order valence-corrected chi connectivity index (χ4v) is 4.15. The van der Waals surface area contributed by atoms with Crippen LogP contribution in [0.3, 0.4) is 0 Å². The van der Waals surface area contributed by atoms with Crippen LogP contribution in [0.4, 0.5) is 0 Å². The highest BCUT2D eigenvalue weighted by atomic mass is 16.6. The van der Waals surface area contributed by atoms with Crippen molar-refractivity contribution in [1.82, 2.24) is 0 Å². The van der Waals surface area contributed by atoms with Gasteiger partial charge in [-0.3, -0.25) is 0 Å². The van der Waals surface area contributed by atoms with Crippen molar-refractivity contribution >= 4 is 0 Å². The molecule has 0 bridgehead atoms. The molecular weight excluding hydrogens is 284 g/mol. The lowest BCUT2D eigenvalue weighted by Crippen LogP contribution is -2.41. The molecule has 0 saturated carbocycles. The van der Waals surface area contributed by atoms with Crippen molar-refractivity contribution < 1.29 is 9.84 Å². The molecule has 5 rings (SSSR count). The van der Waals surface area contributed by atoms with Crippen molar-refractivity contribution in [2.24, 2.45) is 0 Å². The van der Waals surface area contributed by atoms with Crippen molar-refractivity contribution in [2.75, 3.05) is 0 Å². The van der Waals surface area contributed by atoms with Crippen molar-refractivity contribution in [3.63, 3.8) is 0 Å². The molecule has 0 fully saturated rings. The molecule has 1 unspecified atom stereocenters. The van der Waals surface area contributed by atoms with Crippen LogP contribution in [0, 0.1) is 0 Å². The molecule has 0 aromatic heterocycles. The molecule has 2 heteroatoms. The van der Waals surface area contributed by atoms with Crippen LogP contribution >= 0.6 is 0 Å². The molecular formula is C21H16O2. The second kappa shape index (κ2) is 4.54. The summed E-state index contributed by atoms with van der Waals surface area (Å²) in [6.45, 7) is 0. The van der Waals surface area contributed by atoms with E-state index in [0.29, 0.717) is 6.42 Å². The number of benzene rings is 3. The number of rotatable bonds is 0. The molecule has 1 spiro atoms. The van der Waals surface area contributed by atoms with E-state index in [-0.39, 0.29) is 0 Å². The van der Waals surface area contributed by atoms with Gasteiger partial charge in [0.05, 0.1) is 0 Å². The lowest BCUT2D eigenvalue weighted by molar-refractivity contribution is -0.165. The summed E-state index contributed by atoms with van der Waals surface area (Å²) in [5.41, 5.74) is 6.20. The summed E-state index contributed by atoms with van der Waals surface area (Å²) in [5, 5.41) is 10.4. The summed E-state index contributed by atoms with van der Waals surface area (Å²) in [4.78, 5) is 0. The Balaban J connectivity index is 1.93. The molecule has 2 nitrogen and oxygen atoms in total. The van der Waals surface area contributed by atoms with Gasteiger partial charge in [0.15, 0.2) is 6.29 Å². The number of aliphatic hydroxyl groups is 1. The van der Waals surface area contributed by atoms with Gasteiger partial charge in [-0.1, -0.05) is 72.8 Å². The number of ether oxygens (including phenoxy) is 1. The maximum Gasteiger partial charge on any atom is 0.160 e. The van der Waals surface area contributed by atoms with E-state index in [0.717, 1.165) is 22.3 Å². The van der Waals surface area contributed by atoms with Gasteiger partial charge in [-0.05, 0) is 22.3 Å². The molecule has 1 aliphatic carbocycles. The highest BCUT2D eigenvalue weighted by Gasteiger charge is 2.50. The first kappa shape index (κ1) is 13.1. The van der Waals surface area contributed by atoms with Gasteiger partial charge in [-0.25, -0.2) is 0 Å². The van der Waals surface area contributed by atoms with E-state index < -0.39 is 11.9 Å². The first-order chi connectivity index (χ1) is 11.3. The molecule has 1 N–H and O–H groups in total. The van der Waals surface area contributed by atoms with Gasteiger partial charge in [-0.15, -0.1) is 0 Å². The van der Waals surface area contributed by atoms with Crippen LogP contribution in [0.15, 0.2) is 72.8 Å². The van der Waals surface area contributed by atoms with Gasteiger partial charge >= 0.3 is 0 Å². The monoisotopic (exact) mass is 300 g/mol. The second-order valence-corrected chi connectivity index (χ2v) is 6.21. The summed E-state index contributed by atoms with van der Waals surface area (Å²) in [5.74, 6) is 0. The normalized spacial score (nSPS) is 20.0. The summed E-state index contributed by atoms with van der Waals surface area (Å²) in [6, 6.07) is 25.0. The predicted molar refractivity (Wildman–Crippen MR) is 89.0 cm³/mol. The van der Waals surface area contributed by atoms with Crippen LogP contribution in [-0.4, -0.2) is 11.4 Å². The minimum Gasteiger partial charge on any atom is -0.368 e. The largest absolute Gasteiger partial charge is 0.368 e. The maximum absolute atomic E-state index is 10.4. The Labute approximate surface area is 135 Å². The number of hydrogen-bond donors (Lipinski definition) is 1. The first-order valence-corrected chi connectivity index (χ1v) is 7.94. The van der Waals surface area contributed by atoms with E-state index in [1.165, 1.54) is 11.1 Å². The Morgan fingerprint density at radius 2 is 1.26 bits per heavy atom. The molecule has 0 radical (unpaired) electrons. The molecule has 0 amide bonds. The number of hydrogen-bond acceptors (Lipinski definition) is 2. The summed E-state index contributed by atoms with van der Waals surface area (Å²) in [7, 11) is 0. The van der Waals surface area contributed by atoms with Crippen molar-refractivity contribution in [3.8, 4) is 11.1 Å². The third-order valence-corrected chi connectivity index (χ3v) is 5.01. The van der Waals surface area contributed by atoms with Crippen LogP contribution in [0.5, 0.6) is 0 Å². The zero-order valence-corrected chi connectivity index (χ0v) is 12.6. The number of fused-ring (bicyclic) bond motifs is 7. The Morgan fingerprint density at radius 1 is 0.739 bits per heavy atom. The summed E-state index contributed by atoms with van der Waals surface area (Å²) < 4.78 is 6.27. The standard InChI is InChI=1S/C21H16O2/c22-20-13-14-7-1-4-10-17(14)21(23-20)18-11-5-2-8-15(18)16-9-3-6-12-19(16)21/h1-12,20,22H,13H2. The SMILES string of the molecule is OC1Cc2ccccc2C2(O1)c1ccccc1-c1ccccc12. The minimum absolute atomic E-state index is 0.530.